The van der Waals surface area contributed by atoms with Crippen molar-refractivity contribution in [3.05, 3.63) is 70.2 Å². The molecule has 0 radical (unpaired) electrons. The fourth-order valence-corrected chi connectivity index (χ4v) is 7.06. The van der Waals surface area contributed by atoms with Gasteiger partial charge in [-0.25, -0.2) is 9.97 Å². The van der Waals surface area contributed by atoms with Crippen molar-refractivity contribution < 1.29 is 19.1 Å². The average molecular weight is 705 g/mol. The zero-order valence-electron chi connectivity index (χ0n) is 27.8. The molecule has 2 aromatic carbocycles. The van der Waals surface area contributed by atoms with Crippen LogP contribution in [0.2, 0.25) is 10.0 Å². The van der Waals surface area contributed by atoms with Crippen LogP contribution >= 0.6 is 23.2 Å². The van der Waals surface area contributed by atoms with Gasteiger partial charge in [-0.2, -0.15) is 0 Å². The molecule has 11 nitrogen and oxygen atoms in total. The lowest BCUT2D eigenvalue weighted by Gasteiger charge is -2.16. The number of nitrogens with one attached hydrogen (secondary N) is 2. The van der Waals surface area contributed by atoms with Crippen molar-refractivity contribution in [2.75, 3.05) is 27.3 Å². The molecular formula is C36H39Cl2N7O4. The summed E-state index contributed by atoms with van der Waals surface area (Å²) in [5.41, 5.74) is 5.39. The van der Waals surface area contributed by atoms with Crippen LogP contribution in [0.3, 0.4) is 0 Å². The first-order valence-electron chi connectivity index (χ1n) is 16.4. The van der Waals surface area contributed by atoms with Crippen molar-refractivity contribution in [3.8, 4) is 45.4 Å². The Bertz CT molecular complexity index is 1860. The van der Waals surface area contributed by atoms with Gasteiger partial charge in [-0.15, -0.1) is 0 Å². The second-order valence-corrected chi connectivity index (χ2v) is 13.0. The van der Waals surface area contributed by atoms with E-state index in [1.54, 1.807) is 33.5 Å². The molecule has 13 heteroatoms. The van der Waals surface area contributed by atoms with Crippen molar-refractivity contribution in [3.63, 3.8) is 0 Å². The molecule has 0 aliphatic carbocycles. The first-order valence-corrected chi connectivity index (χ1v) is 17.2. The van der Waals surface area contributed by atoms with Gasteiger partial charge in [-0.3, -0.25) is 19.6 Å². The van der Waals surface area contributed by atoms with E-state index < -0.39 is 0 Å². The van der Waals surface area contributed by atoms with Crippen molar-refractivity contribution in [2.24, 2.45) is 0 Å². The highest BCUT2D eigenvalue weighted by atomic mass is 35.5. The molecule has 0 saturated carbocycles. The summed E-state index contributed by atoms with van der Waals surface area (Å²) < 4.78 is 11.2. The van der Waals surface area contributed by atoms with Gasteiger partial charge in [-0.1, -0.05) is 59.6 Å². The second kappa shape index (κ2) is 15.5. The lowest BCUT2D eigenvalue weighted by Crippen LogP contribution is -2.34. The maximum absolute atomic E-state index is 11.7. The number of aromatic nitrogens is 4. The molecule has 0 bridgehead atoms. The van der Waals surface area contributed by atoms with E-state index >= 15 is 0 Å². The third kappa shape index (κ3) is 7.79. The summed E-state index contributed by atoms with van der Waals surface area (Å²) in [7, 11) is 3.15. The number of aryl methyl sites for hydroxylation is 1. The second-order valence-electron chi connectivity index (χ2n) is 12.3. The largest absolute Gasteiger partial charge is 0.480 e. The fraction of sp³-hybridized carbons (Fsp3) is 0.389. The smallest absolute Gasteiger partial charge is 0.237 e. The maximum atomic E-state index is 11.7. The first kappa shape index (κ1) is 34.5. The third-order valence-electron chi connectivity index (χ3n) is 9.09. The van der Waals surface area contributed by atoms with Crippen LogP contribution in [-0.4, -0.2) is 76.0 Å². The number of ether oxygens (including phenoxy) is 2. The monoisotopic (exact) mass is 703 g/mol. The molecule has 2 N–H and O–H groups in total. The molecular weight excluding hydrogens is 665 g/mol. The zero-order chi connectivity index (χ0) is 34.5. The highest BCUT2D eigenvalue weighted by Gasteiger charge is 2.25. The average Bonchev–Trinajstić information content (AvgIpc) is 3.77. The summed E-state index contributed by atoms with van der Waals surface area (Å²) in [5, 5.41) is 7.42. The van der Waals surface area contributed by atoms with Gasteiger partial charge in [0.2, 0.25) is 23.6 Å². The molecule has 2 aromatic heterocycles. The minimum Gasteiger partial charge on any atom is -0.480 e. The number of hydrogen-bond acceptors (Lipinski definition) is 9. The van der Waals surface area contributed by atoms with Crippen LogP contribution in [0.15, 0.2) is 48.8 Å². The number of halogens is 2. The minimum absolute atomic E-state index is 0.0842. The van der Waals surface area contributed by atoms with Crippen LogP contribution in [0.5, 0.6) is 11.8 Å². The van der Waals surface area contributed by atoms with Crippen molar-refractivity contribution >= 4 is 35.0 Å². The molecule has 6 rings (SSSR count). The van der Waals surface area contributed by atoms with E-state index in [1.807, 2.05) is 41.3 Å². The summed E-state index contributed by atoms with van der Waals surface area (Å²) >= 11 is 14.1. The van der Waals surface area contributed by atoms with Gasteiger partial charge in [0.25, 0.3) is 0 Å². The normalized spacial score (nSPS) is 17.3. The molecule has 2 saturated heterocycles. The van der Waals surface area contributed by atoms with Crippen molar-refractivity contribution in [1.82, 2.24) is 35.5 Å². The van der Waals surface area contributed by atoms with Gasteiger partial charge in [0.15, 0.2) is 0 Å². The zero-order valence-corrected chi connectivity index (χ0v) is 29.3. The Kier molecular flexibility index (Phi) is 10.9. The predicted octanol–water partition coefficient (Wildman–Crippen LogP) is 5.90. The fourth-order valence-electron chi connectivity index (χ4n) is 6.41. The van der Waals surface area contributed by atoms with E-state index in [9.17, 15) is 9.59 Å². The Morgan fingerprint density at radius 1 is 0.918 bits per heavy atom. The predicted molar refractivity (Wildman–Crippen MR) is 189 cm³/mol. The van der Waals surface area contributed by atoms with Gasteiger partial charge >= 0.3 is 0 Å². The number of nitrogens with zero attached hydrogens (tertiary/aromatic N) is 5. The molecule has 1 unspecified atom stereocenters. The number of benzene rings is 2. The summed E-state index contributed by atoms with van der Waals surface area (Å²) in [6.45, 7) is 3.46. The van der Waals surface area contributed by atoms with Gasteiger partial charge in [0.1, 0.15) is 11.4 Å². The SMILES string of the molecule is COc1nc(-c2cccc(-c3cccc(-c4cnc(CNC5CCN(C(C)=O)C5)c(OC)n4)c3Cl)c2Cl)cnc1CCC[C@H]1CCC(=O)N1. The summed E-state index contributed by atoms with van der Waals surface area (Å²) in [5.74, 6) is 1.05. The Hall–Kier alpha value is -4.32. The van der Waals surface area contributed by atoms with Crippen molar-refractivity contribution in [1.29, 1.82) is 0 Å². The number of carbonyl (C=O) groups excluding carboxylic acids is 2. The summed E-state index contributed by atoms with van der Waals surface area (Å²) in [6.07, 6.45) is 8.18. The highest BCUT2D eigenvalue weighted by molar-refractivity contribution is 6.39. The van der Waals surface area contributed by atoms with Gasteiger partial charge in [0.05, 0.1) is 48.0 Å². The molecule has 2 amide bonds. The van der Waals surface area contributed by atoms with Crippen LogP contribution in [0, 0.1) is 0 Å². The number of amides is 2. The van der Waals surface area contributed by atoms with Crippen molar-refractivity contribution in [2.45, 2.75) is 64.1 Å². The molecule has 4 heterocycles. The topological polar surface area (TPSA) is 131 Å². The number of hydrogen-bond donors (Lipinski definition) is 2. The molecule has 2 fully saturated rings. The van der Waals surface area contributed by atoms with Gasteiger partial charge in [0, 0.05) is 67.3 Å². The van der Waals surface area contributed by atoms with Gasteiger partial charge in [-0.05, 0) is 32.1 Å². The lowest BCUT2D eigenvalue weighted by atomic mass is 9.98. The first-order chi connectivity index (χ1) is 23.7. The third-order valence-corrected chi connectivity index (χ3v) is 9.91. The summed E-state index contributed by atoms with van der Waals surface area (Å²) in [6, 6.07) is 11.8. The molecule has 0 spiro atoms. The quantitative estimate of drug-likeness (QED) is 0.185. The molecule has 2 atom stereocenters. The van der Waals surface area contributed by atoms with Crippen LogP contribution in [0.4, 0.5) is 0 Å². The number of rotatable bonds is 12. The van der Waals surface area contributed by atoms with Crippen LogP contribution in [0.25, 0.3) is 33.6 Å². The van der Waals surface area contributed by atoms with E-state index in [2.05, 4.69) is 20.6 Å². The van der Waals surface area contributed by atoms with Gasteiger partial charge < -0.3 is 25.0 Å². The number of methoxy groups -OCH3 is 2. The Morgan fingerprint density at radius 3 is 2.06 bits per heavy atom. The molecule has 256 valence electrons. The standard InChI is InChI=1S/C36H39Cl2N7O4/c1-21(46)45-16-15-23(20-45)39-19-31-36(49-3)44-30(18-41-31)27-11-6-9-25(34(27)38)24-8-5-10-26(33(24)37)29-17-40-28(35(43-29)48-2)12-4-7-22-13-14-32(47)42-22/h5-6,8-11,17-18,22-23,39H,4,7,12-16,19-20H2,1-3H3,(H,42,47)/t22-,23?/m0/s1. The Balaban J connectivity index is 1.20. The van der Waals surface area contributed by atoms with Crippen LogP contribution < -0.4 is 20.1 Å². The molecule has 49 heavy (non-hydrogen) atoms. The van der Waals surface area contributed by atoms with E-state index in [0.29, 0.717) is 75.9 Å². The lowest BCUT2D eigenvalue weighted by molar-refractivity contribution is -0.127. The minimum atomic E-state index is 0.0842. The molecule has 2 aliphatic rings. The Morgan fingerprint density at radius 2 is 1.51 bits per heavy atom. The molecule has 4 aromatic rings. The number of carbonyl (C=O) groups is 2. The van der Waals surface area contributed by atoms with E-state index in [0.717, 1.165) is 49.0 Å². The van der Waals surface area contributed by atoms with E-state index in [4.69, 9.17) is 42.6 Å². The van der Waals surface area contributed by atoms with Crippen LogP contribution in [0.1, 0.15) is 50.4 Å². The Labute approximate surface area is 295 Å². The van der Waals surface area contributed by atoms with Crippen LogP contribution in [-0.2, 0) is 22.6 Å². The maximum Gasteiger partial charge on any atom is 0.237 e. The number of likely N-dealkylation sites (tertiary alicyclic amines) is 1. The van der Waals surface area contributed by atoms with E-state index in [-0.39, 0.29) is 23.9 Å². The summed E-state index contributed by atoms with van der Waals surface area (Å²) in [4.78, 5) is 43.9. The van der Waals surface area contributed by atoms with E-state index in [1.165, 1.54) is 0 Å². The molecule has 2 aliphatic heterocycles. The highest BCUT2D eigenvalue weighted by Crippen LogP contribution is 2.42.